The van der Waals surface area contributed by atoms with Gasteiger partial charge in [0.2, 0.25) is 5.91 Å². The van der Waals surface area contributed by atoms with Crippen molar-refractivity contribution in [1.29, 1.82) is 0 Å². The Morgan fingerprint density at radius 3 is 2.48 bits per heavy atom. The number of carbonyl (C=O) groups is 1. The van der Waals surface area contributed by atoms with Crippen molar-refractivity contribution >= 4 is 22.9 Å². The Kier molecular flexibility index (Phi) is 5.02. The number of nitrogens with zero attached hydrogens (tertiary/aromatic N) is 1. The van der Waals surface area contributed by atoms with Gasteiger partial charge in [-0.3, -0.25) is 4.79 Å². The zero-order valence-electron chi connectivity index (χ0n) is 12.7. The fraction of sp³-hybridized carbons (Fsp3) is 0.353. The van der Waals surface area contributed by atoms with Crippen LogP contribution >= 0.6 is 11.3 Å². The molecule has 1 aromatic carbocycles. The molecule has 2 unspecified atom stereocenters. The van der Waals surface area contributed by atoms with Crippen molar-refractivity contribution in [1.82, 2.24) is 4.90 Å². The predicted octanol–water partition coefficient (Wildman–Crippen LogP) is 4.04. The van der Waals surface area contributed by atoms with Crippen LogP contribution in [0.2, 0.25) is 0 Å². The van der Waals surface area contributed by atoms with Gasteiger partial charge in [0.25, 0.3) is 0 Å². The molecule has 2 N–H and O–H groups in total. The SMILES string of the molecule is CC(CC(=O)N(C)C(C)c1cccs1)c1ccc(N)cc1. The molecule has 0 aliphatic rings. The van der Waals surface area contributed by atoms with Gasteiger partial charge in [-0.25, -0.2) is 0 Å². The lowest BCUT2D eigenvalue weighted by molar-refractivity contribution is -0.132. The summed E-state index contributed by atoms with van der Waals surface area (Å²) in [5.41, 5.74) is 7.59. The molecule has 0 spiro atoms. The van der Waals surface area contributed by atoms with Crippen molar-refractivity contribution < 1.29 is 4.79 Å². The monoisotopic (exact) mass is 302 g/mol. The Labute approximate surface area is 130 Å². The highest BCUT2D eigenvalue weighted by Gasteiger charge is 2.20. The number of hydrogen-bond donors (Lipinski definition) is 1. The first-order valence-electron chi connectivity index (χ1n) is 7.13. The van der Waals surface area contributed by atoms with Gasteiger partial charge >= 0.3 is 0 Å². The third-order valence-corrected chi connectivity index (χ3v) is 4.96. The highest BCUT2D eigenvalue weighted by molar-refractivity contribution is 7.10. The van der Waals surface area contributed by atoms with Crippen LogP contribution in [-0.4, -0.2) is 17.9 Å². The third kappa shape index (κ3) is 3.85. The normalized spacial score (nSPS) is 13.7. The zero-order chi connectivity index (χ0) is 15.4. The van der Waals surface area contributed by atoms with E-state index in [4.69, 9.17) is 5.73 Å². The summed E-state index contributed by atoms with van der Waals surface area (Å²) in [6.07, 6.45) is 0.510. The number of nitrogens with two attached hydrogens (primary N) is 1. The van der Waals surface area contributed by atoms with E-state index in [0.717, 1.165) is 11.3 Å². The third-order valence-electron chi connectivity index (χ3n) is 3.92. The molecule has 0 radical (unpaired) electrons. The standard InChI is InChI=1S/C17H22N2OS/c1-12(14-6-8-15(18)9-7-14)11-17(20)19(3)13(2)16-5-4-10-21-16/h4-10,12-13H,11,18H2,1-3H3. The van der Waals surface area contributed by atoms with E-state index in [9.17, 15) is 4.79 Å². The number of thiophene rings is 1. The van der Waals surface area contributed by atoms with Crippen molar-refractivity contribution in [3.8, 4) is 0 Å². The summed E-state index contributed by atoms with van der Waals surface area (Å²) >= 11 is 1.69. The minimum atomic E-state index is 0.121. The number of nitrogen functional groups attached to an aromatic ring is 1. The Balaban J connectivity index is 1.98. The molecule has 112 valence electrons. The maximum absolute atomic E-state index is 12.4. The number of rotatable bonds is 5. The zero-order valence-corrected chi connectivity index (χ0v) is 13.6. The molecule has 0 saturated heterocycles. The highest BCUT2D eigenvalue weighted by atomic mass is 32.1. The fourth-order valence-corrected chi connectivity index (χ4v) is 3.11. The summed E-state index contributed by atoms with van der Waals surface area (Å²) in [6.45, 7) is 4.14. The molecule has 3 nitrogen and oxygen atoms in total. The molecule has 2 aromatic rings. The van der Waals surface area contributed by atoms with Crippen molar-refractivity contribution in [2.24, 2.45) is 0 Å². The average Bonchev–Trinajstić information content (AvgIpc) is 3.00. The average molecular weight is 302 g/mol. The van der Waals surface area contributed by atoms with Crippen molar-refractivity contribution in [3.05, 3.63) is 52.2 Å². The van der Waals surface area contributed by atoms with Crippen LogP contribution in [0, 0.1) is 0 Å². The number of amides is 1. The summed E-state index contributed by atoms with van der Waals surface area (Å²) < 4.78 is 0. The Hall–Kier alpha value is -1.81. The van der Waals surface area contributed by atoms with Crippen molar-refractivity contribution in [2.45, 2.75) is 32.2 Å². The quantitative estimate of drug-likeness (QED) is 0.847. The van der Waals surface area contributed by atoms with Crippen LogP contribution in [0.3, 0.4) is 0 Å². The van der Waals surface area contributed by atoms with Gasteiger partial charge < -0.3 is 10.6 Å². The summed E-state index contributed by atoms with van der Waals surface area (Å²) in [5, 5.41) is 2.04. The van der Waals surface area contributed by atoms with E-state index in [-0.39, 0.29) is 17.9 Å². The van der Waals surface area contributed by atoms with Gasteiger partial charge in [-0.05, 0) is 42.0 Å². The van der Waals surface area contributed by atoms with Crippen LogP contribution < -0.4 is 5.73 Å². The van der Waals surface area contributed by atoms with Gasteiger partial charge in [-0.1, -0.05) is 25.1 Å². The molecular formula is C17H22N2OS. The second-order valence-corrected chi connectivity index (χ2v) is 6.45. The molecule has 2 rings (SSSR count). The molecule has 1 heterocycles. The van der Waals surface area contributed by atoms with Crippen molar-refractivity contribution in [3.63, 3.8) is 0 Å². The van der Waals surface area contributed by atoms with Gasteiger partial charge in [-0.2, -0.15) is 0 Å². The summed E-state index contributed by atoms with van der Waals surface area (Å²) in [4.78, 5) is 15.5. The van der Waals surface area contributed by atoms with E-state index in [2.05, 4.69) is 19.9 Å². The van der Waals surface area contributed by atoms with Crippen LogP contribution in [0.15, 0.2) is 41.8 Å². The second kappa shape index (κ2) is 6.76. The topological polar surface area (TPSA) is 46.3 Å². The van der Waals surface area contributed by atoms with Gasteiger partial charge in [0.05, 0.1) is 6.04 Å². The first-order chi connectivity index (χ1) is 9.99. The van der Waals surface area contributed by atoms with E-state index in [1.807, 2.05) is 47.7 Å². The fourth-order valence-electron chi connectivity index (χ4n) is 2.28. The number of carbonyl (C=O) groups excluding carboxylic acids is 1. The largest absolute Gasteiger partial charge is 0.399 e. The first kappa shape index (κ1) is 15.6. The first-order valence-corrected chi connectivity index (χ1v) is 8.01. The lowest BCUT2D eigenvalue weighted by Crippen LogP contribution is -2.30. The predicted molar refractivity (Wildman–Crippen MR) is 89.4 cm³/mol. The number of hydrogen-bond acceptors (Lipinski definition) is 3. The smallest absolute Gasteiger partial charge is 0.223 e. The van der Waals surface area contributed by atoms with E-state index in [0.29, 0.717) is 6.42 Å². The van der Waals surface area contributed by atoms with Crippen LogP contribution in [-0.2, 0) is 4.79 Å². The lowest BCUT2D eigenvalue weighted by Gasteiger charge is -2.25. The minimum Gasteiger partial charge on any atom is -0.399 e. The Morgan fingerprint density at radius 2 is 1.90 bits per heavy atom. The molecule has 0 aliphatic heterocycles. The van der Waals surface area contributed by atoms with Crippen LogP contribution in [0.4, 0.5) is 5.69 Å². The lowest BCUT2D eigenvalue weighted by atomic mass is 9.97. The molecule has 0 aliphatic carbocycles. The van der Waals surface area contributed by atoms with E-state index >= 15 is 0 Å². The Bertz CT molecular complexity index is 577. The minimum absolute atomic E-state index is 0.121. The number of anilines is 1. The van der Waals surface area contributed by atoms with Gasteiger partial charge in [0.15, 0.2) is 0 Å². The molecule has 0 fully saturated rings. The Morgan fingerprint density at radius 1 is 1.24 bits per heavy atom. The van der Waals surface area contributed by atoms with Crippen molar-refractivity contribution in [2.75, 3.05) is 12.8 Å². The molecular weight excluding hydrogens is 280 g/mol. The summed E-state index contributed by atoms with van der Waals surface area (Å²) in [7, 11) is 1.88. The number of benzene rings is 1. The van der Waals surface area contributed by atoms with Gasteiger partial charge in [0, 0.05) is 24.0 Å². The van der Waals surface area contributed by atoms with Gasteiger partial charge in [0.1, 0.15) is 0 Å². The molecule has 4 heteroatoms. The maximum Gasteiger partial charge on any atom is 0.223 e. The van der Waals surface area contributed by atoms with Crippen LogP contribution in [0.5, 0.6) is 0 Å². The second-order valence-electron chi connectivity index (χ2n) is 5.47. The summed E-state index contributed by atoms with van der Waals surface area (Å²) in [5.74, 6) is 0.358. The van der Waals surface area contributed by atoms with E-state index in [1.165, 1.54) is 4.88 Å². The van der Waals surface area contributed by atoms with E-state index in [1.54, 1.807) is 11.3 Å². The maximum atomic E-state index is 12.4. The molecule has 0 saturated carbocycles. The molecule has 1 aromatic heterocycles. The van der Waals surface area contributed by atoms with Gasteiger partial charge in [-0.15, -0.1) is 11.3 Å². The molecule has 1 amide bonds. The van der Waals surface area contributed by atoms with E-state index < -0.39 is 0 Å². The van der Waals surface area contributed by atoms with Crippen LogP contribution in [0.25, 0.3) is 0 Å². The molecule has 2 atom stereocenters. The molecule has 0 bridgehead atoms. The van der Waals surface area contributed by atoms with Crippen LogP contribution in [0.1, 0.15) is 42.7 Å². The summed E-state index contributed by atoms with van der Waals surface area (Å²) in [6, 6.07) is 12.0. The highest BCUT2D eigenvalue weighted by Crippen LogP contribution is 2.26. The molecule has 21 heavy (non-hydrogen) atoms.